The van der Waals surface area contributed by atoms with E-state index in [1.54, 1.807) is 52.8 Å². The molecule has 1 N–H and O–H groups in total. The van der Waals surface area contributed by atoms with Gasteiger partial charge in [-0.2, -0.15) is 0 Å². The number of carbonyl (C=O) groups excluding carboxylic acids is 3. The number of imide groups is 1. The maximum absolute atomic E-state index is 13.1. The lowest BCUT2D eigenvalue weighted by Gasteiger charge is -2.21. The van der Waals surface area contributed by atoms with Crippen molar-refractivity contribution in [1.82, 2.24) is 15.1 Å². The average Bonchev–Trinajstić information content (AvgIpc) is 3.48. The first-order valence-electron chi connectivity index (χ1n) is 9.11. The van der Waals surface area contributed by atoms with Gasteiger partial charge in [0.15, 0.2) is 0 Å². The molecule has 1 aromatic carbocycles. The van der Waals surface area contributed by atoms with Gasteiger partial charge in [0.1, 0.15) is 5.76 Å². The molecule has 8 heteroatoms. The van der Waals surface area contributed by atoms with E-state index in [9.17, 15) is 14.4 Å². The lowest BCUT2D eigenvalue weighted by molar-refractivity contribution is -0.125. The Morgan fingerprint density at radius 3 is 2.55 bits per heavy atom. The Hall–Kier alpha value is -3.39. The highest BCUT2D eigenvalue weighted by Crippen LogP contribution is 2.18. The van der Waals surface area contributed by atoms with Crippen LogP contribution in [0.1, 0.15) is 26.6 Å². The number of carbonyl (C=O) groups is 3. The molecule has 0 atom stereocenters. The number of benzene rings is 1. The van der Waals surface area contributed by atoms with Crippen LogP contribution in [0.5, 0.6) is 0 Å². The van der Waals surface area contributed by atoms with Crippen molar-refractivity contribution in [3.05, 3.63) is 81.9 Å². The molecule has 0 saturated carbocycles. The van der Waals surface area contributed by atoms with Gasteiger partial charge in [-0.25, -0.2) is 4.79 Å². The number of hydrogen-bond acceptors (Lipinski definition) is 5. The van der Waals surface area contributed by atoms with Crippen LogP contribution in [0.2, 0.25) is 0 Å². The van der Waals surface area contributed by atoms with Gasteiger partial charge in [-0.05, 0) is 41.3 Å². The van der Waals surface area contributed by atoms with Crippen molar-refractivity contribution in [2.75, 3.05) is 6.54 Å². The van der Waals surface area contributed by atoms with E-state index in [4.69, 9.17) is 4.42 Å². The molecule has 4 amide bonds. The molecule has 0 unspecified atom stereocenters. The van der Waals surface area contributed by atoms with E-state index in [2.05, 4.69) is 5.32 Å². The first-order valence-corrected chi connectivity index (χ1v) is 9.99. The fourth-order valence-electron chi connectivity index (χ4n) is 3.11. The van der Waals surface area contributed by atoms with Crippen LogP contribution >= 0.6 is 11.3 Å². The summed E-state index contributed by atoms with van der Waals surface area (Å²) in [6, 6.07) is 14.2. The molecule has 148 valence electrons. The second-order valence-corrected chi connectivity index (χ2v) is 7.69. The summed E-state index contributed by atoms with van der Waals surface area (Å²) in [5.74, 6) is 0.345. The number of thiophene rings is 1. The van der Waals surface area contributed by atoms with Gasteiger partial charge in [0.25, 0.3) is 5.91 Å². The van der Waals surface area contributed by atoms with Crippen LogP contribution in [0.25, 0.3) is 0 Å². The maximum atomic E-state index is 13.1. The normalized spacial score (nSPS) is 13.6. The zero-order chi connectivity index (χ0) is 20.2. The number of rotatable bonds is 7. The molecule has 2 aromatic heterocycles. The number of nitrogens with zero attached hydrogens (tertiary/aromatic N) is 2. The van der Waals surface area contributed by atoms with E-state index >= 15 is 0 Å². The van der Waals surface area contributed by atoms with Crippen LogP contribution in [-0.4, -0.2) is 34.2 Å². The topological polar surface area (TPSA) is 82.9 Å². The smallest absolute Gasteiger partial charge is 0.324 e. The van der Waals surface area contributed by atoms with Gasteiger partial charge in [-0.1, -0.05) is 18.2 Å². The third kappa shape index (κ3) is 4.38. The molecule has 7 nitrogen and oxygen atoms in total. The summed E-state index contributed by atoms with van der Waals surface area (Å²) < 4.78 is 5.42. The number of amides is 4. The Bertz CT molecular complexity index is 945. The van der Waals surface area contributed by atoms with E-state index < -0.39 is 6.03 Å². The lowest BCUT2D eigenvalue weighted by atomic mass is 10.1. The second kappa shape index (κ2) is 8.32. The van der Waals surface area contributed by atoms with Crippen molar-refractivity contribution < 1.29 is 18.8 Å². The first-order chi connectivity index (χ1) is 14.1. The Balaban J connectivity index is 1.49. The summed E-state index contributed by atoms with van der Waals surface area (Å²) in [6.07, 6.45) is 1.59. The highest BCUT2D eigenvalue weighted by atomic mass is 32.1. The zero-order valence-corrected chi connectivity index (χ0v) is 16.4. The Morgan fingerprint density at radius 2 is 1.93 bits per heavy atom. The molecule has 1 saturated heterocycles. The molecule has 1 aliphatic rings. The average molecular weight is 409 g/mol. The van der Waals surface area contributed by atoms with Crippen LogP contribution in [0.3, 0.4) is 0 Å². The van der Waals surface area contributed by atoms with Crippen molar-refractivity contribution in [1.29, 1.82) is 0 Å². The van der Waals surface area contributed by atoms with Crippen molar-refractivity contribution in [3.63, 3.8) is 0 Å². The third-order valence-electron chi connectivity index (χ3n) is 4.62. The predicted octanol–water partition coefficient (Wildman–Crippen LogP) is 3.24. The summed E-state index contributed by atoms with van der Waals surface area (Å²) in [7, 11) is 0. The Kier molecular flexibility index (Phi) is 5.44. The molecule has 4 rings (SSSR count). The van der Waals surface area contributed by atoms with Gasteiger partial charge in [0, 0.05) is 10.4 Å². The van der Waals surface area contributed by atoms with Gasteiger partial charge in [-0.15, -0.1) is 11.3 Å². The highest BCUT2D eigenvalue weighted by molar-refractivity contribution is 7.09. The number of nitrogens with one attached hydrogen (secondary N) is 1. The molecule has 0 spiro atoms. The molecule has 29 heavy (non-hydrogen) atoms. The molecule has 1 aliphatic heterocycles. The van der Waals surface area contributed by atoms with Crippen LogP contribution in [0.4, 0.5) is 4.79 Å². The summed E-state index contributed by atoms with van der Waals surface area (Å²) in [6.45, 7) is 1.07. The van der Waals surface area contributed by atoms with Crippen LogP contribution in [0, 0.1) is 0 Å². The summed E-state index contributed by atoms with van der Waals surface area (Å²) in [5, 5.41) is 4.48. The molecular formula is C21H19N3O4S. The van der Waals surface area contributed by atoms with Gasteiger partial charge < -0.3 is 14.6 Å². The molecule has 0 bridgehead atoms. The van der Waals surface area contributed by atoms with Crippen molar-refractivity contribution in [3.8, 4) is 0 Å². The van der Waals surface area contributed by atoms with Crippen molar-refractivity contribution >= 4 is 29.2 Å². The number of urea groups is 1. The second-order valence-electron chi connectivity index (χ2n) is 6.66. The van der Waals surface area contributed by atoms with Crippen LogP contribution in [-0.2, 0) is 24.4 Å². The fraction of sp³-hybridized carbons (Fsp3) is 0.190. The lowest BCUT2D eigenvalue weighted by Crippen LogP contribution is -2.31. The van der Waals surface area contributed by atoms with E-state index in [0.717, 1.165) is 15.3 Å². The molecule has 3 heterocycles. The van der Waals surface area contributed by atoms with Crippen molar-refractivity contribution in [2.24, 2.45) is 0 Å². The zero-order valence-electron chi connectivity index (χ0n) is 15.5. The standard InChI is InChI=1S/C21H19N3O4S/c25-19-11-22-21(27)24(19)12-15-5-7-16(8-6-15)20(26)23(13-17-3-1-9-28-17)14-18-4-2-10-29-18/h1-10H,11-14H2,(H,22,27). The van der Waals surface area contributed by atoms with Gasteiger partial charge in [0.05, 0.1) is 32.4 Å². The Labute approximate surface area is 171 Å². The maximum Gasteiger partial charge on any atom is 0.324 e. The van der Waals surface area contributed by atoms with Crippen LogP contribution in [0.15, 0.2) is 64.6 Å². The molecule has 0 radical (unpaired) electrons. The molecular weight excluding hydrogens is 390 g/mol. The van der Waals surface area contributed by atoms with Crippen molar-refractivity contribution in [2.45, 2.75) is 19.6 Å². The minimum Gasteiger partial charge on any atom is -0.467 e. The fourth-order valence-corrected chi connectivity index (χ4v) is 3.83. The molecule has 3 aromatic rings. The molecule has 0 aliphatic carbocycles. The van der Waals surface area contributed by atoms with E-state index in [-0.39, 0.29) is 24.9 Å². The number of furan rings is 1. The highest BCUT2D eigenvalue weighted by Gasteiger charge is 2.28. The third-order valence-corrected chi connectivity index (χ3v) is 5.48. The largest absolute Gasteiger partial charge is 0.467 e. The van der Waals surface area contributed by atoms with Gasteiger partial charge >= 0.3 is 6.03 Å². The Morgan fingerprint density at radius 1 is 1.10 bits per heavy atom. The molecule has 1 fully saturated rings. The number of hydrogen-bond donors (Lipinski definition) is 1. The monoisotopic (exact) mass is 409 g/mol. The van der Waals surface area contributed by atoms with Gasteiger partial charge in [-0.3, -0.25) is 14.5 Å². The van der Waals surface area contributed by atoms with E-state index in [1.807, 2.05) is 23.6 Å². The quantitative estimate of drug-likeness (QED) is 0.608. The van der Waals surface area contributed by atoms with E-state index in [1.165, 1.54) is 0 Å². The van der Waals surface area contributed by atoms with Gasteiger partial charge in [0.2, 0.25) is 5.91 Å². The minimum atomic E-state index is -0.393. The predicted molar refractivity (Wildman–Crippen MR) is 107 cm³/mol. The first kappa shape index (κ1) is 18.9. The van der Waals surface area contributed by atoms with E-state index in [0.29, 0.717) is 24.4 Å². The minimum absolute atomic E-state index is 0.0276. The summed E-state index contributed by atoms with van der Waals surface area (Å²) in [5.41, 5.74) is 1.32. The SMILES string of the molecule is O=C(c1ccc(CN2C(=O)CNC2=O)cc1)N(Cc1ccco1)Cc1cccs1. The summed E-state index contributed by atoms with van der Waals surface area (Å²) in [4.78, 5) is 40.5. The summed E-state index contributed by atoms with van der Waals surface area (Å²) >= 11 is 1.60. The van der Waals surface area contributed by atoms with Crippen LogP contribution < -0.4 is 5.32 Å².